The predicted molar refractivity (Wildman–Crippen MR) is 109 cm³/mol. The van der Waals surface area contributed by atoms with Crippen LogP contribution in [0.5, 0.6) is 0 Å². The minimum absolute atomic E-state index is 0.606. The summed E-state index contributed by atoms with van der Waals surface area (Å²) in [5, 5.41) is 7.53. The Bertz CT molecular complexity index is 565. The number of rotatable bonds is 7. The second kappa shape index (κ2) is 10.1. The van der Waals surface area contributed by atoms with Gasteiger partial charge in [0.05, 0.1) is 12.2 Å². The standard InChI is InChI=1S/C20H36N6O/c1-4-21-20(22-14-19-6-5-8-26(19)15-17(2)3)25-11-9-24(10-12-25)16-18-7-13-27-23-18/h7,13,17,19H,4-6,8-12,14-16H2,1-3H3,(H,21,22)/t19-/m1/s1. The van der Waals surface area contributed by atoms with E-state index >= 15 is 0 Å². The molecule has 2 saturated heterocycles. The number of guanidine groups is 1. The molecule has 0 aliphatic carbocycles. The van der Waals surface area contributed by atoms with Gasteiger partial charge < -0.3 is 14.7 Å². The molecule has 0 unspecified atom stereocenters. The zero-order chi connectivity index (χ0) is 19.1. The molecule has 2 fully saturated rings. The van der Waals surface area contributed by atoms with Gasteiger partial charge in [-0.05, 0) is 32.2 Å². The topological polar surface area (TPSA) is 60.1 Å². The fourth-order valence-corrected chi connectivity index (χ4v) is 4.09. The van der Waals surface area contributed by atoms with E-state index in [1.54, 1.807) is 6.26 Å². The minimum atomic E-state index is 0.606. The van der Waals surface area contributed by atoms with Crippen LogP contribution in [0.25, 0.3) is 0 Å². The van der Waals surface area contributed by atoms with E-state index in [1.165, 1.54) is 25.9 Å². The fourth-order valence-electron chi connectivity index (χ4n) is 4.09. The van der Waals surface area contributed by atoms with Gasteiger partial charge in [0.2, 0.25) is 0 Å². The molecule has 3 heterocycles. The molecule has 2 aliphatic heterocycles. The molecule has 152 valence electrons. The third kappa shape index (κ3) is 5.94. The van der Waals surface area contributed by atoms with Gasteiger partial charge in [0, 0.05) is 57.9 Å². The first-order chi connectivity index (χ1) is 13.2. The lowest BCUT2D eigenvalue weighted by atomic mass is 10.2. The van der Waals surface area contributed by atoms with E-state index in [2.05, 4.69) is 45.9 Å². The maximum Gasteiger partial charge on any atom is 0.194 e. The van der Waals surface area contributed by atoms with E-state index in [1.807, 2.05) is 6.07 Å². The van der Waals surface area contributed by atoms with Gasteiger partial charge in [-0.3, -0.25) is 14.8 Å². The van der Waals surface area contributed by atoms with E-state index in [0.717, 1.165) is 63.4 Å². The molecule has 1 aromatic rings. The zero-order valence-electron chi connectivity index (χ0n) is 17.2. The Labute approximate surface area is 163 Å². The molecular formula is C20H36N6O. The highest BCUT2D eigenvalue weighted by molar-refractivity contribution is 5.80. The van der Waals surface area contributed by atoms with E-state index < -0.39 is 0 Å². The second-order valence-corrected chi connectivity index (χ2v) is 8.13. The first-order valence-corrected chi connectivity index (χ1v) is 10.5. The van der Waals surface area contributed by atoms with Crippen molar-refractivity contribution in [3.05, 3.63) is 18.0 Å². The number of nitrogens with zero attached hydrogens (tertiary/aromatic N) is 5. The van der Waals surface area contributed by atoms with Crippen molar-refractivity contribution in [2.24, 2.45) is 10.9 Å². The highest BCUT2D eigenvalue weighted by Crippen LogP contribution is 2.19. The Hall–Kier alpha value is -1.60. The van der Waals surface area contributed by atoms with Crippen LogP contribution in [0.2, 0.25) is 0 Å². The number of aliphatic imine (C=N–C) groups is 1. The Morgan fingerprint density at radius 1 is 1.30 bits per heavy atom. The summed E-state index contributed by atoms with van der Waals surface area (Å²) in [5.41, 5.74) is 1.01. The SMILES string of the molecule is CCNC(=NC[C@H]1CCCN1CC(C)C)N1CCN(Cc2ccon2)CC1. The van der Waals surface area contributed by atoms with Crippen LogP contribution < -0.4 is 5.32 Å². The monoisotopic (exact) mass is 376 g/mol. The first kappa shape index (κ1) is 20.1. The summed E-state index contributed by atoms with van der Waals surface area (Å²) >= 11 is 0. The summed E-state index contributed by atoms with van der Waals surface area (Å²) in [6.07, 6.45) is 4.23. The quantitative estimate of drug-likeness (QED) is 0.579. The number of likely N-dealkylation sites (tertiary alicyclic amines) is 1. The Balaban J connectivity index is 1.51. The van der Waals surface area contributed by atoms with Crippen LogP contribution in [0.1, 0.15) is 39.3 Å². The van der Waals surface area contributed by atoms with Crippen molar-refractivity contribution in [2.75, 3.05) is 52.4 Å². The van der Waals surface area contributed by atoms with Gasteiger partial charge in [0.25, 0.3) is 0 Å². The predicted octanol–water partition coefficient (Wildman–Crippen LogP) is 1.88. The van der Waals surface area contributed by atoms with Crippen molar-refractivity contribution in [1.29, 1.82) is 0 Å². The summed E-state index contributed by atoms with van der Waals surface area (Å²) in [5.74, 6) is 1.80. The molecule has 0 aromatic carbocycles. The first-order valence-electron chi connectivity index (χ1n) is 10.5. The van der Waals surface area contributed by atoms with Gasteiger partial charge in [-0.25, -0.2) is 0 Å². The summed E-state index contributed by atoms with van der Waals surface area (Å²) in [7, 11) is 0. The van der Waals surface area contributed by atoms with Crippen molar-refractivity contribution >= 4 is 5.96 Å². The number of aromatic nitrogens is 1. The van der Waals surface area contributed by atoms with Crippen LogP contribution >= 0.6 is 0 Å². The third-order valence-electron chi connectivity index (χ3n) is 5.43. The van der Waals surface area contributed by atoms with Crippen molar-refractivity contribution in [2.45, 2.75) is 46.2 Å². The Morgan fingerprint density at radius 2 is 2.11 bits per heavy atom. The highest BCUT2D eigenvalue weighted by atomic mass is 16.5. The largest absolute Gasteiger partial charge is 0.364 e. The smallest absolute Gasteiger partial charge is 0.194 e. The average Bonchev–Trinajstić information content (AvgIpc) is 3.31. The summed E-state index contributed by atoms with van der Waals surface area (Å²) in [4.78, 5) is 12.5. The van der Waals surface area contributed by atoms with Crippen molar-refractivity contribution in [3.63, 3.8) is 0 Å². The normalized spacial score (nSPS) is 22.7. The number of hydrogen-bond acceptors (Lipinski definition) is 5. The summed E-state index contributed by atoms with van der Waals surface area (Å²) in [6.45, 7) is 15.9. The number of piperazine rings is 1. The van der Waals surface area contributed by atoms with Crippen LogP contribution in [0.4, 0.5) is 0 Å². The maximum absolute atomic E-state index is 5.02. The molecule has 27 heavy (non-hydrogen) atoms. The minimum Gasteiger partial charge on any atom is -0.364 e. The van der Waals surface area contributed by atoms with Gasteiger partial charge in [-0.2, -0.15) is 0 Å². The lowest BCUT2D eigenvalue weighted by molar-refractivity contribution is 0.168. The highest BCUT2D eigenvalue weighted by Gasteiger charge is 2.25. The Morgan fingerprint density at radius 3 is 2.78 bits per heavy atom. The molecule has 3 rings (SSSR count). The molecule has 7 heteroatoms. The van der Waals surface area contributed by atoms with Gasteiger partial charge in [0.15, 0.2) is 5.96 Å². The molecule has 0 bridgehead atoms. The average molecular weight is 377 g/mol. The van der Waals surface area contributed by atoms with Gasteiger partial charge in [0.1, 0.15) is 6.26 Å². The molecule has 0 radical (unpaired) electrons. The molecule has 0 spiro atoms. The van der Waals surface area contributed by atoms with Gasteiger partial charge in [-0.15, -0.1) is 0 Å². The summed E-state index contributed by atoms with van der Waals surface area (Å²) < 4.78 is 4.94. The molecular weight excluding hydrogens is 340 g/mol. The van der Waals surface area contributed by atoms with Crippen LogP contribution in [-0.4, -0.2) is 84.2 Å². The molecule has 7 nitrogen and oxygen atoms in total. The van der Waals surface area contributed by atoms with Crippen molar-refractivity contribution in [1.82, 2.24) is 25.2 Å². The molecule has 0 amide bonds. The van der Waals surface area contributed by atoms with E-state index in [-0.39, 0.29) is 0 Å². The summed E-state index contributed by atoms with van der Waals surface area (Å²) in [6, 6.07) is 2.55. The third-order valence-corrected chi connectivity index (χ3v) is 5.43. The fraction of sp³-hybridized carbons (Fsp3) is 0.800. The van der Waals surface area contributed by atoms with Crippen LogP contribution in [0.3, 0.4) is 0 Å². The molecule has 1 aromatic heterocycles. The van der Waals surface area contributed by atoms with E-state index in [0.29, 0.717) is 6.04 Å². The lowest BCUT2D eigenvalue weighted by Crippen LogP contribution is -2.52. The van der Waals surface area contributed by atoms with Crippen LogP contribution in [0, 0.1) is 5.92 Å². The molecule has 0 saturated carbocycles. The van der Waals surface area contributed by atoms with E-state index in [4.69, 9.17) is 9.52 Å². The second-order valence-electron chi connectivity index (χ2n) is 8.13. The molecule has 2 aliphatic rings. The van der Waals surface area contributed by atoms with Gasteiger partial charge >= 0.3 is 0 Å². The van der Waals surface area contributed by atoms with Gasteiger partial charge in [-0.1, -0.05) is 19.0 Å². The number of hydrogen-bond donors (Lipinski definition) is 1. The van der Waals surface area contributed by atoms with Crippen molar-refractivity contribution < 1.29 is 4.52 Å². The van der Waals surface area contributed by atoms with Crippen molar-refractivity contribution in [3.8, 4) is 0 Å². The van der Waals surface area contributed by atoms with E-state index in [9.17, 15) is 0 Å². The zero-order valence-corrected chi connectivity index (χ0v) is 17.2. The molecule has 1 atom stereocenters. The number of nitrogens with one attached hydrogen (secondary N) is 1. The van der Waals surface area contributed by atoms with Crippen LogP contribution in [0.15, 0.2) is 21.8 Å². The van der Waals surface area contributed by atoms with Crippen LogP contribution in [-0.2, 0) is 6.54 Å². The Kier molecular flexibility index (Phi) is 7.52. The lowest BCUT2D eigenvalue weighted by Gasteiger charge is -2.36. The maximum atomic E-state index is 5.02. The molecule has 1 N–H and O–H groups in total.